The van der Waals surface area contributed by atoms with Gasteiger partial charge in [0.05, 0.1) is 24.6 Å². The largest absolute Gasteiger partial charge is 0.490 e. The molecule has 0 radical (unpaired) electrons. The SMILES string of the molecule is CC(C)Oc1ccc(Br)cc1/C=N\NC(=O)N/N=C\c1cc(Br)ccc1OC(C)C. The molecule has 0 saturated heterocycles. The van der Waals surface area contributed by atoms with Gasteiger partial charge in [0.15, 0.2) is 0 Å². The Balaban J connectivity index is 1.98. The van der Waals surface area contributed by atoms with Crippen molar-refractivity contribution in [2.24, 2.45) is 10.2 Å². The summed E-state index contributed by atoms with van der Waals surface area (Å²) in [6, 6.07) is 10.6. The lowest BCUT2D eigenvalue weighted by Gasteiger charge is -2.12. The van der Waals surface area contributed by atoms with Crippen molar-refractivity contribution in [3.63, 3.8) is 0 Å². The highest BCUT2D eigenvalue weighted by molar-refractivity contribution is 9.10. The molecule has 160 valence electrons. The minimum atomic E-state index is -0.579. The highest BCUT2D eigenvalue weighted by atomic mass is 79.9. The van der Waals surface area contributed by atoms with Gasteiger partial charge in [-0.05, 0) is 64.1 Å². The number of carbonyl (C=O) groups is 1. The minimum absolute atomic E-state index is 0.0199. The third-order valence-electron chi connectivity index (χ3n) is 3.41. The zero-order chi connectivity index (χ0) is 22.1. The molecule has 2 aromatic carbocycles. The first-order chi connectivity index (χ1) is 14.2. The second-order valence-corrected chi connectivity index (χ2v) is 8.60. The second kappa shape index (κ2) is 11.7. The number of hydrogen-bond donors (Lipinski definition) is 2. The quantitative estimate of drug-likeness (QED) is 0.345. The predicted molar refractivity (Wildman–Crippen MR) is 127 cm³/mol. The van der Waals surface area contributed by atoms with Crippen molar-refractivity contribution in [1.82, 2.24) is 10.9 Å². The molecule has 0 aromatic heterocycles. The number of nitrogens with zero attached hydrogens (tertiary/aromatic N) is 2. The van der Waals surface area contributed by atoms with Gasteiger partial charge in [0.2, 0.25) is 0 Å². The molecule has 0 aliphatic carbocycles. The number of rotatable bonds is 8. The first-order valence-corrected chi connectivity index (χ1v) is 10.9. The first-order valence-electron chi connectivity index (χ1n) is 9.29. The highest BCUT2D eigenvalue weighted by Gasteiger charge is 2.06. The van der Waals surface area contributed by atoms with Gasteiger partial charge in [-0.1, -0.05) is 31.9 Å². The van der Waals surface area contributed by atoms with Crippen LogP contribution < -0.4 is 20.3 Å². The Labute approximate surface area is 193 Å². The van der Waals surface area contributed by atoms with Crippen molar-refractivity contribution >= 4 is 50.3 Å². The van der Waals surface area contributed by atoms with E-state index in [0.29, 0.717) is 11.5 Å². The number of nitrogens with one attached hydrogen (secondary N) is 2. The van der Waals surface area contributed by atoms with Gasteiger partial charge < -0.3 is 9.47 Å². The van der Waals surface area contributed by atoms with Crippen molar-refractivity contribution in [2.45, 2.75) is 39.9 Å². The third-order valence-corrected chi connectivity index (χ3v) is 4.39. The Hall–Kier alpha value is -2.39. The van der Waals surface area contributed by atoms with Crippen molar-refractivity contribution in [1.29, 1.82) is 0 Å². The third kappa shape index (κ3) is 8.16. The van der Waals surface area contributed by atoms with Gasteiger partial charge >= 0.3 is 6.03 Å². The van der Waals surface area contributed by atoms with Crippen LogP contribution in [0.1, 0.15) is 38.8 Å². The molecule has 0 aliphatic rings. The van der Waals surface area contributed by atoms with Crippen molar-refractivity contribution < 1.29 is 14.3 Å². The fraction of sp³-hybridized carbons (Fsp3) is 0.286. The average molecular weight is 540 g/mol. The molecule has 0 heterocycles. The van der Waals surface area contributed by atoms with E-state index in [0.717, 1.165) is 20.1 Å². The summed E-state index contributed by atoms with van der Waals surface area (Å²) in [5.74, 6) is 1.34. The van der Waals surface area contributed by atoms with Gasteiger partial charge in [-0.25, -0.2) is 15.6 Å². The van der Waals surface area contributed by atoms with E-state index in [2.05, 4.69) is 52.9 Å². The Morgan fingerprint density at radius 1 is 0.833 bits per heavy atom. The first kappa shape index (κ1) is 23.9. The van der Waals surface area contributed by atoms with Crippen LogP contribution in [0.5, 0.6) is 11.5 Å². The molecule has 2 N–H and O–H groups in total. The van der Waals surface area contributed by atoms with Crippen LogP contribution in [0, 0.1) is 0 Å². The van der Waals surface area contributed by atoms with E-state index in [1.165, 1.54) is 12.4 Å². The molecule has 0 spiro atoms. The number of amides is 2. The van der Waals surface area contributed by atoms with Crippen LogP contribution in [0.3, 0.4) is 0 Å². The van der Waals surface area contributed by atoms with E-state index >= 15 is 0 Å². The lowest BCUT2D eigenvalue weighted by molar-refractivity contribution is 0.240. The molecule has 7 nitrogen and oxygen atoms in total. The van der Waals surface area contributed by atoms with Gasteiger partial charge in [-0.15, -0.1) is 0 Å². The average Bonchev–Trinajstić information content (AvgIpc) is 2.65. The van der Waals surface area contributed by atoms with Gasteiger partial charge in [0, 0.05) is 20.1 Å². The molecule has 30 heavy (non-hydrogen) atoms. The van der Waals surface area contributed by atoms with Crippen molar-refractivity contribution in [2.75, 3.05) is 0 Å². The molecule has 0 saturated carbocycles. The molecule has 0 fully saturated rings. The van der Waals surface area contributed by atoms with Crippen LogP contribution in [0.25, 0.3) is 0 Å². The summed E-state index contributed by atoms with van der Waals surface area (Å²) in [4.78, 5) is 12.0. The van der Waals surface area contributed by atoms with E-state index in [1.807, 2.05) is 64.1 Å². The van der Waals surface area contributed by atoms with Gasteiger partial charge in [0.1, 0.15) is 11.5 Å². The van der Waals surface area contributed by atoms with Gasteiger partial charge in [0.25, 0.3) is 0 Å². The maximum absolute atomic E-state index is 12.0. The molecule has 2 rings (SSSR count). The number of benzene rings is 2. The topological polar surface area (TPSA) is 84.3 Å². The number of hydrazone groups is 2. The molecular formula is C21H24Br2N4O3. The maximum Gasteiger partial charge on any atom is 0.355 e. The lowest BCUT2D eigenvalue weighted by Crippen LogP contribution is -2.28. The predicted octanol–water partition coefficient (Wildman–Crippen LogP) is 5.45. The Morgan fingerprint density at radius 2 is 1.23 bits per heavy atom. The number of hydrogen-bond acceptors (Lipinski definition) is 5. The van der Waals surface area contributed by atoms with Crippen molar-refractivity contribution in [3.05, 3.63) is 56.5 Å². The van der Waals surface area contributed by atoms with E-state index in [1.54, 1.807) is 0 Å². The maximum atomic E-state index is 12.0. The van der Waals surface area contributed by atoms with E-state index in [4.69, 9.17) is 9.47 Å². The van der Waals surface area contributed by atoms with Crippen LogP contribution in [-0.2, 0) is 0 Å². The van der Waals surface area contributed by atoms with Crippen LogP contribution in [-0.4, -0.2) is 30.7 Å². The lowest BCUT2D eigenvalue weighted by atomic mass is 10.2. The van der Waals surface area contributed by atoms with Crippen LogP contribution >= 0.6 is 31.9 Å². The fourth-order valence-electron chi connectivity index (χ4n) is 2.31. The molecular weight excluding hydrogens is 516 g/mol. The Kier molecular flexibility index (Phi) is 9.32. The normalized spacial score (nSPS) is 11.5. The van der Waals surface area contributed by atoms with Crippen LogP contribution in [0.15, 0.2) is 55.5 Å². The summed E-state index contributed by atoms with van der Waals surface area (Å²) in [6.07, 6.45) is 3.06. The van der Waals surface area contributed by atoms with Crippen LogP contribution in [0.4, 0.5) is 4.79 Å². The Morgan fingerprint density at radius 3 is 1.60 bits per heavy atom. The monoisotopic (exact) mass is 538 g/mol. The molecule has 2 amide bonds. The molecule has 9 heteroatoms. The van der Waals surface area contributed by atoms with Gasteiger partial charge in [-0.3, -0.25) is 0 Å². The molecule has 0 bridgehead atoms. The summed E-state index contributed by atoms with van der Waals surface area (Å²) >= 11 is 6.83. The summed E-state index contributed by atoms with van der Waals surface area (Å²) in [6.45, 7) is 7.76. The van der Waals surface area contributed by atoms with E-state index in [9.17, 15) is 4.79 Å². The van der Waals surface area contributed by atoms with Gasteiger partial charge in [-0.2, -0.15) is 10.2 Å². The highest BCUT2D eigenvalue weighted by Crippen LogP contribution is 2.23. The van der Waals surface area contributed by atoms with E-state index in [-0.39, 0.29) is 12.2 Å². The standard InChI is InChI=1S/C21H24Br2N4O3/c1-13(2)29-19-7-5-17(22)9-15(19)11-24-26-21(28)27-25-12-16-10-18(23)6-8-20(16)30-14(3)4/h5-14H,1-4H3,(H2,26,27,28)/b24-11-,25-12-. The molecule has 2 aromatic rings. The Bertz CT molecular complexity index is 857. The molecule has 0 unspecified atom stereocenters. The number of carbonyl (C=O) groups excluding carboxylic acids is 1. The minimum Gasteiger partial charge on any atom is -0.490 e. The number of halogens is 2. The number of ether oxygens (including phenoxy) is 2. The second-order valence-electron chi connectivity index (χ2n) is 6.77. The van der Waals surface area contributed by atoms with Crippen molar-refractivity contribution in [3.8, 4) is 11.5 Å². The summed E-state index contributed by atoms with van der Waals surface area (Å²) < 4.78 is 13.2. The van der Waals surface area contributed by atoms with E-state index < -0.39 is 6.03 Å². The fourth-order valence-corrected chi connectivity index (χ4v) is 3.07. The molecule has 0 aliphatic heterocycles. The number of urea groups is 1. The molecule has 0 atom stereocenters. The van der Waals surface area contributed by atoms with Crippen LogP contribution in [0.2, 0.25) is 0 Å². The summed E-state index contributed by atoms with van der Waals surface area (Å²) in [7, 11) is 0. The zero-order valence-corrected chi connectivity index (χ0v) is 20.3. The summed E-state index contributed by atoms with van der Waals surface area (Å²) in [5, 5.41) is 7.91. The smallest absolute Gasteiger partial charge is 0.355 e. The zero-order valence-electron chi connectivity index (χ0n) is 17.1. The summed E-state index contributed by atoms with van der Waals surface area (Å²) in [5.41, 5.74) is 6.20.